The van der Waals surface area contributed by atoms with Gasteiger partial charge in [0, 0.05) is 33.2 Å². The van der Waals surface area contributed by atoms with Crippen LogP contribution in [0.25, 0.3) is 11.1 Å². The first-order chi connectivity index (χ1) is 22.6. The van der Waals surface area contributed by atoms with E-state index in [9.17, 15) is 14.4 Å². The maximum atomic E-state index is 14.1. The van der Waals surface area contributed by atoms with E-state index >= 15 is 0 Å². The molecule has 2 N–H and O–H groups in total. The third kappa shape index (κ3) is 10.3. The molecule has 0 radical (unpaired) electrons. The molecule has 0 fully saturated rings. The number of amides is 3. The second-order valence-corrected chi connectivity index (χ2v) is 12.6. The summed E-state index contributed by atoms with van der Waals surface area (Å²) < 4.78 is 22.0. The number of carbonyl (C=O) groups excluding carboxylic acids is 3. The number of hydrogen-bond acceptors (Lipinski definition) is 7. The maximum Gasteiger partial charge on any atom is 0.407 e. The van der Waals surface area contributed by atoms with E-state index in [2.05, 4.69) is 34.9 Å². The van der Waals surface area contributed by atoms with Gasteiger partial charge < -0.3 is 34.5 Å². The predicted molar refractivity (Wildman–Crippen MR) is 180 cm³/mol. The van der Waals surface area contributed by atoms with Gasteiger partial charge in [0.25, 0.3) is 0 Å². The number of rotatable bonds is 15. The van der Waals surface area contributed by atoms with Crippen molar-refractivity contribution in [3.8, 4) is 11.1 Å². The largest absolute Gasteiger partial charge is 0.449 e. The van der Waals surface area contributed by atoms with Crippen molar-refractivity contribution in [2.45, 2.75) is 70.4 Å². The lowest BCUT2D eigenvalue weighted by molar-refractivity contribution is -0.148. The van der Waals surface area contributed by atoms with Gasteiger partial charge in [-0.05, 0) is 67.9 Å². The molecule has 1 aliphatic carbocycles. The van der Waals surface area contributed by atoms with E-state index in [4.69, 9.17) is 18.9 Å². The SMILES string of the molecule is COC(CN(Cc1ccccc1)C(=O)[C@H](CCCCNC(=O)OC(C)(C)C)NC(=O)OCC1c2ccccc2-c2ccccc21)OC. The molecule has 47 heavy (non-hydrogen) atoms. The molecule has 10 nitrogen and oxygen atoms in total. The quantitative estimate of drug-likeness (QED) is 0.149. The van der Waals surface area contributed by atoms with Gasteiger partial charge in [0.05, 0.1) is 6.54 Å². The molecule has 3 aromatic rings. The summed E-state index contributed by atoms with van der Waals surface area (Å²) in [7, 11) is 3.03. The first-order valence-corrected chi connectivity index (χ1v) is 16.1. The second-order valence-electron chi connectivity index (χ2n) is 12.6. The van der Waals surface area contributed by atoms with Crippen molar-refractivity contribution in [1.82, 2.24) is 15.5 Å². The minimum Gasteiger partial charge on any atom is -0.449 e. The predicted octanol–water partition coefficient (Wildman–Crippen LogP) is 6.24. The van der Waals surface area contributed by atoms with Gasteiger partial charge in [-0.15, -0.1) is 0 Å². The number of hydrogen-bond donors (Lipinski definition) is 2. The third-order valence-electron chi connectivity index (χ3n) is 7.94. The Morgan fingerprint density at radius 2 is 1.40 bits per heavy atom. The van der Waals surface area contributed by atoms with Gasteiger partial charge in [0.2, 0.25) is 5.91 Å². The number of nitrogens with one attached hydrogen (secondary N) is 2. The molecule has 4 rings (SSSR count). The Morgan fingerprint density at radius 3 is 2.00 bits per heavy atom. The van der Waals surface area contributed by atoms with Gasteiger partial charge >= 0.3 is 12.2 Å². The molecule has 252 valence electrons. The zero-order valence-corrected chi connectivity index (χ0v) is 28.0. The van der Waals surface area contributed by atoms with E-state index in [0.29, 0.717) is 32.4 Å². The van der Waals surface area contributed by atoms with E-state index in [1.165, 1.54) is 14.2 Å². The molecule has 1 aliphatic rings. The number of unbranched alkanes of at least 4 members (excludes halogenated alkanes) is 1. The molecule has 0 saturated carbocycles. The molecule has 1 atom stereocenters. The fourth-order valence-corrected chi connectivity index (χ4v) is 5.70. The fraction of sp³-hybridized carbons (Fsp3) is 0.432. The molecule has 0 bridgehead atoms. The summed E-state index contributed by atoms with van der Waals surface area (Å²) in [6.07, 6.45) is -0.377. The lowest BCUT2D eigenvalue weighted by Gasteiger charge is -2.30. The van der Waals surface area contributed by atoms with E-state index in [0.717, 1.165) is 27.8 Å². The molecular weight excluding hydrogens is 598 g/mol. The molecule has 0 spiro atoms. The Balaban J connectivity index is 1.45. The number of ether oxygens (including phenoxy) is 4. The summed E-state index contributed by atoms with van der Waals surface area (Å²) in [5.41, 5.74) is 4.80. The van der Waals surface area contributed by atoms with Gasteiger partial charge in [-0.25, -0.2) is 9.59 Å². The number of methoxy groups -OCH3 is 2. The van der Waals surface area contributed by atoms with Crippen LogP contribution in [0.4, 0.5) is 9.59 Å². The first kappa shape index (κ1) is 35.4. The second kappa shape index (κ2) is 16.9. The highest BCUT2D eigenvalue weighted by molar-refractivity contribution is 5.86. The Hall–Kier alpha value is -4.41. The summed E-state index contributed by atoms with van der Waals surface area (Å²) in [4.78, 5) is 41.2. The lowest BCUT2D eigenvalue weighted by Crippen LogP contribution is -2.50. The molecule has 0 unspecified atom stereocenters. The summed E-state index contributed by atoms with van der Waals surface area (Å²) in [5.74, 6) is -0.401. The molecule has 0 saturated heterocycles. The molecule has 3 aromatic carbocycles. The molecule has 0 heterocycles. The van der Waals surface area contributed by atoms with Gasteiger partial charge in [-0.2, -0.15) is 0 Å². The van der Waals surface area contributed by atoms with Crippen molar-refractivity contribution in [3.05, 3.63) is 95.6 Å². The number of benzene rings is 3. The number of carbonyl (C=O) groups is 3. The molecule has 10 heteroatoms. The van der Waals surface area contributed by atoms with Crippen LogP contribution in [0.5, 0.6) is 0 Å². The highest BCUT2D eigenvalue weighted by atomic mass is 16.7. The first-order valence-electron chi connectivity index (χ1n) is 16.1. The van der Waals surface area contributed by atoms with E-state index in [1.54, 1.807) is 25.7 Å². The minimum atomic E-state index is -0.884. The minimum absolute atomic E-state index is 0.111. The van der Waals surface area contributed by atoms with E-state index in [-0.39, 0.29) is 25.0 Å². The standard InChI is InChI=1S/C37H47N3O7/c1-37(2,3)47-35(42)38-22-14-13-21-32(34(41)40(24-33(44-4)45-5)23-26-15-7-6-8-16-26)39-36(43)46-25-31-29-19-11-9-17-27(29)28-18-10-12-20-30(28)31/h6-12,15-20,31-33H,13-14,21-25H2,1-5H3,(H,38,42)(H,39,43)/t32-/m0/s1. The highest BCUT2D eigenvalue weighted by Gasteiger charge is 2.31. The molecular formula is C37H47N3O7. The van der Waals surface area contributed by atoms with Crippen molar-refractivity contribution >= 4 is 18.1 Å². The normalized spacial score (nSPS) is 13.0. The number of fused-ring (bicyclic) bond motifs is 3. The van der Waals surface area contributed by atoms with Crippen molar-refractivity contribution < 1.29 is 33.3 Å². The Labute approximate surface area is 277 Å². The summed E-state index contributed by atoms with van der Waals surface area (Å²) >= 11 is 0. The van der Waals surface area contributed by atoms with Gasteiger partial charge in [-0.3, -0.25) is 4.79 Å². The van der Waals surface area contributed by atoms with E-state index in [1.807, 2.05) is 54.6 Å². The zero-order chi connectivity index (χ0) is 33.8. The fourth-order valence-electron chi connectivity index (χ4n) is 5.70. The zero-order valence-electron chi connectivity index (χ0n) is 28.0. The number of alkyl carbamates (subject to hydrolysis) is 2. The Bertz CT molecular complexity index is 1420. The van der Waals surface area contributed by atoms with Crippen LogP contribution in [-0.4, -0.2) is 74.8 Å². The number of nitrogens with zero attached hydrogens (tertiary/aromatic N) is 1. The van der Waals surface area contributed by atoms with E-state index < -0.39 is 30.1 Å². The van der Waals surface area contributed by atoms with Crippen LogP contribution in [0.3, 0.4) is 0 Å². The summed E-state index contributed by atoms with van der Waals surface area (Å²) in [5, 5.41) is 5.59. The van der Waals surface area contributed by atoms with Crippen LogP contribution in [0.1, 0.15) is 62.6 Å². The van der Waals surface area contributed by atoms with Crippen LogP contribution >= 0.6 is 0 Å². The molecule has 0 aromatic heterocycles. The lowest BCUT2D eigenvalue weighted by atomic mass is 9.98. The summed E-state index contributed by atoms with van der Waals surface area (Å²) in [6.45, 7) is 6.35. The van der Waals surface area contributed by atoms with Crippen LogP contribution < -0.4 is 10.6 Å². The van der Waals surface area contributed by atoms with Crippen LogP contribution in [0.2, 0.25) is 0 Å². The summed E-state index contributed by atoms with van der Waals surface area (Å²) in [6, 6.07) is 25.0. The Morgan fingerprint density at radius 1 is 0.809 bits per heavy atom. The van der Waals surface area contributed by atoms with Crippen molar-refractivity contribution in [1.29, 1.82) is 0 Å². The molecule has 0 aliphatic heterocycles. The molecule has 3 amide bonds. The van der Waals surface area contributed by atoms with Crippen molar-refractivity contribution in [2.24, 2.45) is 0 Å². The highest BCUT2D eigenvalue weighted by Crippen LogP contribution is 2.44. The van der Waals surface area contributed by atoms with Crippen molar-refractivity contribution in [3.63, 3.8) is 0 Å². The Kier molecular flexibility index (Phi) is 12.8. The van der Waals surface area contributed by atoms with Crippen molar-refractivity contribution in [2.75, 3.05) is 33.9 Å². The van der Waals surface area contributed by atoms with Crippen LogP contribution in [0, 0.1) is 0 Å². The van der Waals surface area contributed by atoms with Crippen LogP contribution in [-0.2, 0) is 30.3 Å². The topological polar surface area (TPSA) is 115 Å². The van der Waals surface area contributed by atoms with Gasteiger partial charge in [0.15, 0.2) is 6.29 Å². The smallest absolute Gasteiger partial charge is 0.407 e. The average molecular weight is 646 g/mol. The maximum absolute atomic E-state index is 14.1. The van der Waals surface area contributed by atoms with Gasteiger partial charge in [-0.1, -0.05) is 78.9 Å². The third-order valence-corrected chi connectivity index (χ3v) is 7.94. The monoisotopic (exact) mass is 645 g/mol. The van der Waals surface area contributed by atoms with Gasteiger partial charge in [0.1, 0.15) is 18.2 Å². The average Bonchev–Trinajstić information content (AvgIpc) is 3.37. The van der Waals surface area contributed by atoms with Crippen LogP contribution in [0.15, 0.2) is 78.9 Å².